The number of amides is 1. The lowest BCUT2D eigenvalue weighted by atomic mass is 10.1. The fourth-order valence-electron chi connectivity index (χ4n) is 3.54. The third-order valence-electron chi connectivity index (χ3n) is 5.28. The highest BCUT2D eigenvalue weighted by Crippen LogP contribution is 2.31. The lowest BCUT2D eigenvalue weighted by Crippen LogP contribution is -2.38. The minimum atomic E-state index is -0.0656. The number of hydrogen-bond acceptors (Lipinski definition) is 4. The van der Waals surface area contributed by atoms with Crippen molar-refractivity contribution in [3.05, 3.63) is 64.1 Å². The number of H-pyrrole nitrogens is 1. The van der Waals surface area contributed by atoms with Gasteiger partial charge in [0.2, 0.25) is 0 Å². The highest BCUT2D eigenvalue weighted by atomic mass is 35.5. The predicted molar refractivity (Wildman–Crippen MR) is 124 cm³/mol. The molecule has 2 aromatic carbocycles. The quantitative estimate of drug-likeness (QED) is 0.511. The SMILES string of the molecule is O=C(NCCCN1CCOCC1)c1ccc(-c2cc(-c3ccc(Cl)cc3Cl)[nH]n2)cc1. The van der Waals surface area contributed by atoms with Gasteiger partial charge in [-0.25, -0.2) is 0 Å². The number of nitrogens with zero attached hydrogens (tertiary/aromatic N) is 2. The molecule has 1 amide bonds. The molecule has 3 aromatic rings. The summed E-state index contributed by atoms with van der Waals surface area (Å²) < 4.78 is 5.35. The topological polar surface area (TPSA) is 70.2 Å². The zero-order chi connectivity index (χ0) is 21.6. The molecule has 2 heterocycles. The summed E-state index contributed by atoms with van der Waals surface area (Å²) in [5.41, 5.74) is 3.96. The lowest BCUT2D eigenvalue weighted by molar-refractivity contribution is 0.0374. The van der Waals surface area contributed by atoms with E-state index in [1.807, 2.05) is 36.4 Å². The number of rotatable bonds is 7. The Morgan fingerprint density at radius 2 is 1.87 bits per heavy atom. The minimum absolute atomic E-state index is 0.0656. The van der Waals surface area contributed by atoms with Gasteiger partial charge in [0.25, 0.3) is 5.91 Å². The zero-order valence-corrected chi connectivity index (χ0v) is 18.5. The Morgan fingerprint density at radius 3 is 2.61 bits per heavy atom. The van der Waals surface area contributed by atoms with Crippen LogP contribution in [0.1, 0.15) is 16.8 Å². The molecule has 162 valence electrons. The van der Waals surface area contributed by atoms with E-state index in [0.29, 0.717) is 22.2 Å². The largest absolute Gasteiger partial charge is 0.379 e. The number of nitrogens with one attached hydrogen (secondary N) is 2. The maximum absolute atomic E-state index is 12.4. The average molecular weight is 459 g/mol. The van der Waals surface area contributed by atoms with E-state index in [0.717, 1.165) is 61.8 Å². The van der Waals surface area contributed by atoms with Crippen LogP contribution in [-0.4, -0.2) is 60.4 Å². The molecule has 4 rings (SSSR count). The summed E-state index contributed by atoms with van der Waals surface area (Å²) in [6.45, 7) is 5.15. The Balaban J connectivity index is 1.32. The zero-order valence-electron chi connectivity index (χ0n) is 17.0. The van der Waals surface area contributed by atoms with Gasteiger partial charge < -0.3 is 10.1 Å². The first-order valence-corrected chi connectivity index (χ1v) is 11.1. The second kappa shape index (κ2) is 10.3. The highest BCUT2D eigenvalue weighted by molar-refractivity contribution is 6.36. The summed E-state index contributed by atoms with van der Waals surface area (Å²) in [6.07, 6.45) is 0.924. The minimum Gasteiger partial charge on any atom is -0.379 e. The molecule has 0 radical (unpaired) electrons. The summed E-state index contributed by atoms with van der Waals surface area (Å²) in [7, 11) is 0. The summed E-state index contributed by atoms with van der Waals surface area (Å²) in [4.78, 5) is 14.8. The van der Waals surface area contributed by atoms with Gasteiger partial charge in [-0.2, -0.15) is 5.10 Å². The summed E-state index contributed by atoms with van der Waals surface area (Å²) in [6, 6.07) is 14.7. The third kappa shape index (κ3) is 5.66. The van der Waals surface area contributed by atoms with Crippen molar-refractivity contribution < 1.29 is 9.53 Å². The molecule has 1 fully saturated rings. The first-order valence-electron chi connectivity index (χ1n) is 10.3. The van der Waals surface area contributed by atoms with Crippen molar-refractivity contribution in [3.63, 3.8) is 0 Å². The molecule has 1 aliphatic heterocycles. The van der Waals surface area contributed by atoms with Gasteiger partial charge in [-0.1, -0.05) is 35.3 Å². The second-order valence-electron chi connectivity index (χ2n) is 7.43. The standard InChI is InChI=1S/C23H24Cl2N4O2/c24-18-6-7-19(20(25)14-18)22-15-21(27-28-22)16-2-4-17(5-3-16)23(30)26-8-1-9-29-10-12-31-13-11-29/h2-7,14-15H,1,8-13H2,(H,26,30)(H,27,28). The van der Waals surface area contributed by atoms with E-state index in [9.17, 15) is 4.79 Å². The molecule has 0 saturated carbocycles. The molecule has 0 bridgehead atoms. The average Bonchev–Trinajstić information content (AvgIpc) is 3.27. The number of aromatic nitrogens is 2. The van der Waals surface area contributed by atoms with Crippen LogP contribution in [-0.2, 0) is 4.74 Å². The summed E-state index contributed by atoms with van der Waals surface area (Å²) in [5.74, 6) is -0.0656. The lowest BCUT2D eigenvalue weighted by Gasteiger charge is -2.26. The van der Waals surface area contributed by atoms with Crippen molar-refractivity contribution >= 4 is 29.1 Å². The van der Waals surface area contributed by atoms with E-state index < -0.39 is 0 Å². The molecule has 31 heavy (non-hydrogen) atoms. The number of halogens is 2. The van der Waals surface area contributed by atoms with E-state index in [1.165, 1.54) is 0 Å². The molecule has 0 unspecified atom stereocenters. The molecule has 8 heteroatoms. The Labute approximate surface area is 191 Å². The van der Waals surface area contributed by atoms with E-state index in [2.05, 4.69) is 20.4 Å². The maximum atomic E-state index is 12.4. The molecular formula is C23H24Cl2N4O2. The van der Waals surface area contributed by atoms with Crippen LogP contribution in [0.25, 0.3) is 22.5 Å². The van der Waals surface area contributed by atoms with Gasteiger partial charge >= 0.3 is 0 Å². The number of morpholine rings is 1. The van der Waals surface area contributed by atoms with Crippen LogP contribution in [0.4, 0.5) is 0 Å². The molecule has 1 saturated heterocycles. The number of carbonyl (C=O) groups is 1. The van der Waals surface area contributed by atoms with Gasteiger partial charge in [-0.15, -0.1) is 0 Å². The van der Waals surface area contributed by atoms with Crippen LogP contribution in [0.3, 0.4) is 0 Å². The van der Waals surface area contributed by atoms with Crippen molar-refractivity contribution in [1.29, 1.82) is 0 Å². The fourth-order valence-corrected chi connectivity index (χ4v) is 4.05. The number of carbonyl (C=O) groups excluding carboxylic acids is 1. The highest BCUT2D eigenvalue weighted by Gasteiger charge is 2.12. The van der Waals surface area contributed by atoms with Crippen molar-refractivity contribution in [2.75, 3.05) is 39.4 Å². The van der Waals surface area contributed by atoms with Crippen molar-refractivity contribution in [1.82, 2.24) is 20.4 Å². The molecule has 1 aromatic heterocycles. The maximum Gasteiger partial charge on any atom is 0.251 e. The first-order chi connectivity index (χ1) is 15.1. The molecule has 6 nitrogen and oxygen atoms in total. The van der Waals surface area contributed by atoms with Crippen LogP contribution >= 0.6 is 23.2 Å². The molecule has 1 aliphatic rings. The van der Waals surface area contributed by atoms with Crippen LogP contribution < -0.4 is 5.32 Å². The van der Waals surface area contributed by atoms with E-state index in [-0.39, 0.29) is 5.91 Å². The van der Waals surface area contributed by atoms with E-state index >= 15 is 0 Å². The van der Waals surface area contributed by atoms with Crippen molar-refractivity contribution in [3.8, 4) is 22.5 Å². The Morgan fingerprint density at radius 1 is 1.10 bits per heavy atom. The van der Waals surface area contributed by atoms with Gasteiger partial charge in [-0.3, -0.25) is 14.8 Å². The Kier molecular flexibility index (Phi) is 7.25. The Bertz CT molecular complexity index is 1030. The number of ether oxygens (including phenoxy) is 1. The third-order valence-corrected chi connectivity index (χ3v) is 5.83. The molecule has 0 aliphatic carbocycles. The molecule has 0 spiro atoms. The van der Waals surface area contributed by atoms with Crippen molar-refractivity contribution in [2.24, 2.45) is 0 Å². The summed E-state index contributed by atoms with van der Waals surface area (Å²) >= 11 is 12.3. The Hall–Kier alpha value is -2.38. The monoisotopic (exact) mass is 458 g/mol. The van der Waals surface area contributed by atoms with Gasteiger partial charge in [0.05, 0.1) is 29.6 Å². The first kappa shape index (κ1) is 21.8. The van der Waals surface area contributed by atoms with E-state index in [1.54, 1.807) is 12.1 Å². The number of benzene rings is 2. The van der Waals surface area contributed by atoms with Crippen LogP contribution in [0.15, 0.2) is 48.5 Å². The van der Waals surface area contributed by atoms with Crippen LogP contribution in [0.5, 0.6) is 0 Å². The van der Waals surface area contributed by atoms with Gasteiger partial charge in [0.15, 0.2) is 0 Å². The second-order valence-corrected chi connectivity index (χ2v) is 8.28. The molecular weight excluding hydrogens is 435 g/mol. The van der Waals surface area contributed by atoms with Gasteiger partial charge in [-0.05, 0) is 49.4 Å². The smallest absolute Gasteiger partial charge is 0.251 e. The number of hydrogen-bond donors (Lipinski definition) is 2. The summed E-state index contributed by atoms with van der Waals surface area (Å²) in [5, 5.41) is 11.5. The normalized spacial score (nSPS) is 14.5. The number of aromatic amines is 1. The van der Waals surface area contributed by atoms with Crippen LogP contribution in [0.2, 0.25) is 10.0 Å². The fraction of sp³-hybridized carbons (Fsp3) is 0.304. The van der Waals surface area contributed by atoms with Gasteiger partial charge in [0.1, 0.15) is 0 Å². The van der Waals surface area contributed by atoms with Crippen molar-refractivity contribution in [2.45, 2.75) is 6.42 Å². The van der Waals surface area contributed by atoms with Gasteiger partial charge in [0, 0.05) is 41.3 Å². The van der Waals surface area contributed by atoms with E-state index in [4.69, 9.17) is 27.9 Å². The predicted octanol–water partition coefficient (Wildman–Crippen LogP) is 4.50. The van der Waals surface area contributed by atoms with Crippen LogP contribution in [0, 0.1) is 0 Å². The molecule has 2 N–H and O–H groups in total. The molecule has 0 atom stereocenters.